The molecule has 0 atom stereocenters. The van der Waals surface area contributed by atoms with Crippen molar-refractivity contribution < 1.29 is 0 Å². The highest BCUT2D eigenvalue weighted by Gasteiger charge is 2.16. The van der Waals surface area contributed by atoms with Crippen molar-refractivity contribution in [1.82, 2.24) is 14.3 Å². The fourth-order valence-electron chi connectivity index (χ4n) is 3.45. The van der Waals surface area contributed by atoms with Crippen molar-refractivity contribution in [3.8, 4) is 11.4 Å². The van der Waals surface area contributed by atoms with Crippen molar-refractivity contribution in [2.24, 2.45) is 0 Å². The van der Waals surface area contributed by atoms with E-state index < -0.39 is 0 Å². The summed E-state index contributed by atoms with van der Waals surface area (Å²) in [6, 6.07) is 16.8. The van der Waals surface area contributed by atoms with Gasteiger partial charge in [-0.3, -0.25) is 19.3 Å². The van der Waals surface area contributed by atoms with Crippen molar-refractivity contribution in [2.45, 2.75) is 20.8 Å². The summed E-state index contributed by atoms with van der Waals surface area (Å²) >= 11 is 0. The smallest absolute Gasteiger partial charge is 0.280 e. The molecule has 0 aliphatic rings. The largest absolute Gasteiger partial charge is 0.290 e. The molecule has 0 spiro atoms. The second kappa shape index (κ2) is 5.88. The number of aromatic amines is 1. The van der Waals surface area contributed by atoms with E-state index in [1.807, 2.05) is 69.3 Å². The number of fused-ring (bicyclic) bond motifs is 1. The van der Waals surface area contributed by atoms with E-state index in [0.29, 0.717) is 16.6 Å². The molecule has 0 aliphatic heterocycles. The number of nitrogens with zero attached hydrogens (tertiary/aromatic N) is 2. The first-order chi connectivity index (χ1) is 12.5. The molecule has 0 saturated carbocycles. The van der Waals surface area contributed by atoms with Gasteiger partial charge >= 0.3 is 0 Å². The Morgan fingerprint density at radius 2 is 1.65 bits per heavy atom. The molecule has 1 N–H and O–H groups in total. The lowest BCUT2D eigenvalue weighted by molar-refractivity contribution is 0.856. The molecule has 0 bridgehead atoms. The number of aryl methyl sites for hydroxylation is 3. The number of aromatic nitrogens is 3. The Morgan fingerprint density at radius 1 is 0.885 bits per heavy atom. The Labute approximate surface area is 150 Å². The van der Waals surface area contributed by atoms with Crippen LogP contribution in [0.3, 0.4) is 0 Å². The minimum Gasteiger partial charge on any atom is -0.290 e. The highest BCUT2D eigenvalue weighted by Crippen LogP contribution is 2.18. The quantitative estimate of drug-likeness (QED) is 0.605. The molecule has 2 aromatic carbocycles. The zero-order valence-corrected chi connectivity index (χ0v) is 14.9. The first kappa shape index (κ1) is 16.1. The highest BCUT2D eigenvalue weighted by atomic mass is 16.1. The molecule has 2 heterocycles. The van der Waals surface area contributed by atoms with Crippen LogP contribution in [0, 0.1) is 20.8 Å². The first-order valence-electron chi connectivity index (χ1n) is 8.48. The second-order valence-electron chi connectivity index (χ2n) is 6.57. The van der Waals surface area contributed by atoms with Crippen LogP contribution in [0.4, 0.5) is 0 Å². The summed E-state index contributed by atoms with van der Waals surface area (Å²) in [5.41, 5.74) is 4.43. The first-order valence-corrected chi connectivity index (χ1v) is 8.48. The van der Waals surface area contributed by atoms with E-state index in [-0.39, 0.29) is 11.1 Å². The standard InChI is InChI=1S/C21H19N3O2/c1-13-7-6-9-16(11-13)23-15(3)20-17(12-19(23)25)22-24(21(20)26)18-10-5-4-8-14(18)2/h4-12,22H,1-3H3. The Balaban J connectivity index is 2.05. The third-order valence-electron chi connectivity index (χ3n) is 4.72. The minimum absolute atomic E-state index is 0.159. The van der Waals surface area contributed by atoms with Gasteiger partial charge in [0.1, 0.15) is 0 Å². The van der Waals surface area contributed by atoms with Crippen molar-refractivity contribution in [1.29, 1.82) is 0 Å². The van der Waals surface area contributed by atoms with Crippen molar-refractivity contribution in [2.75, 3.05) is 0 Å². The van der Waals surface area contributed by atoms with E-state index >= 15 is 0 Å². The number of H-pyrrole nitrogens is 1. The van der Waals surface area contributed by atoms with E-state index in [0.717, 1.165) is 22.5 Å². The third-order valence-corrected chi connectivity index (χ3v) is 4.72. The van der Waals surface area contributed by atoms with Crippen molar-refractivity contribution in [3.63, 3.8) is 0 Å². The molecule has 0 saturated heterocycles. The molecule has 0 fully saturated rings. The van der Waals surface area contributed by atoms with Gasteiger partial charge in [0, 0.05) is 17.4 Å². The van der Waals surface area contributed by atoms with Gasteiger partial charge in [0.15, 0.2) is 0 Å². The lowest BCUT2D eigenvalue weighted by atomic mass is 10.2. The van der Waals surface area contributed by atoms with Crippen LogP contribution in [0.2, 0.25) is 0 Å². The van der Waals surface area contributed by atoms with Crippen LogP contribution in [-0.4, -0.2) is 14.3 Å². The molecule has 26 heavy (non-hydrogen) atoms. The van der Waals surface area contributed by atoms with E-state index in [2.05, 4.69) is 5.10 Å². The molecule has 5 heteroatoms. The van der Waals surface area contributed by atoms with Crippen LogP contribution in [-0.2, 0) is 0 Å². The molecule has 5 nitrogen and oxygen atoms in total. The molecule has 0 aliphatic carbocycles. The normalized spacial score (nSPS) is 11.2. The molecular weight excluding hydrogens is 326 g/mol. The third kappa shape index (κ3) is 2.40. The number of hydrogen-bond donors (Lipinski definition) is 1. The summed E-state index contributed by atoms with van der Waals surface area (Å²) in [4.78, 5) is 25.8. The molecule has 0 unspecified atom stereocenters. The maximum Gasteiger partial charge on any atom is 0.280 e. The summed E-state index contributed by atoms with van der Waals surface area (Å²) in [7, 11) is 0. The number of hydrogen-bond acceptors (Lipinski definition) is 2. The van der Waals surface area contributed by atoms with E-state index in [4.69, 9.17) is 0 Å². The van der Waals surface area contributed by atoms with Gasteiger partial charge in [0.2, 0.25) is 0 Å². The van der Waals surface area contributed by atoms with Gasteiger partial charge in [-0.2, -0.15) is 0 Å². The molecule has 4 rings (SSSR count). The number of nitrogens with one attached hydrogen (secondary N) is 1. The summed E-state index contributed by atoms with van der Waals surface area (Å²) in [6.07, 6.45) is 0. The maximum atomic E-state index is 13.1. The molecule has 0 amide bonds. The molecule has 2 aromatic heterocycles. The minimum atomic E-state index is -0.168. The van der Waals surface area contributed by atoms with Gasteiger partial charge in [0.05, 0.1) is 16.6 Å². The summed E-state index contributed by atoms with van der Waals surface area (Å²) in [5.74, 6) is 0. The van der Waals surface area contributed by atoms with Crippen molar-refractivity contribution >= 4 is 10.9 Å². The molecule has 130 valence electrons. The number of benzene rings is 2. The van der Waals surface area contributed by atoms with Crippen LogP contribution in [0.5, 0.6) is 0 Å². The molecule has 0 radical (unpaired) electrons. The number of para-hydroxylation sites is 1. The average molecular weight is 345 g/mol. The Hall–Kier alpha value is -3.34. The second-order valence-corrected chi connectivity index (χ2v) is 6.57. The van der Waals surface area contributed by atoms with Crippen LogP contribution in [0.1, 0.15) is 16.8 Å². The van der Waals surface area contributed by atoms with Crippen LogP contribution >= 0.6 is 0 Å². The van der Waals surface area contributed by atoms with Crippen LogP contribution < -0.4 is 11.1 Å². The van der Waals surface area contributed by atoms with Gasteiger partial charge in [-0.1, -0.05) is 30.3 Å². The average Bonchev–Trinajstić information content (AvgIpc) is 2.92. The van der Waals surface area contributed by atoms with E-state index in [1.54, 1.807) is 4.57 Å². The Kier molecular flexibility index (Phi) is 3.65. The van der Waals surface area contributed by atoms with Gasteiger partial charge in [-0.25, -0.2) is 4.68 Å². The summed E-state index contributed by atoms with van der Waals surface area (Å²) < 4.78 is 3.10. The van der Waals surface area contributed by atoms with Crippen molar-refractivity contribution in [3.05, 3.63) is 92.1 Å². The Bertz CT molecular complexity index is 1260. The fourth-order valence-corrected chi connectivity index (χ4v) is 3.45. The summed E-state index contributed by atoms with van der Waals surface area (Å²) in [5, 5.41) is 3.61. The number of pyridine rings is 1. The predicted octanol–water partition coefficient (Wildman–Crippen LogP) is 3.39. The van der Waals surface area contributed by atoms with E-state index in [1.165, 1.54) is 10.7 Å². The maximum absolute atomic E-state index is 13.1. The molecular formula is C21H19N3O2. The van der Waals surface area contributed by atoms with Gasteiger partial charge < -0.3 is 0 Å². The summed E-state index contributed by atoms with van der Waals surface area (Å²) in [6.45, 7) is 5.74. The topological polar surface area (TPSA) is 59.8 Å². The molecule has 4 aromatic rings. The van der Waals surface area contributed by atoms with Crippen LogP contribution in [0.25, 0.3) is 22.3 Å². The zero-order chi connectivity index (χ0) is 18.4. The fraction of sp³-hybridized carbons (Fsp3) is 0.143. The van der Waals surface area contributed by atoms with E-state index in [9.17, 15) is 9.59 Å². The lowest BCUT2D eigenvalue weighted by Crippen LogP contribution is -2.22. The van der Waals surface area contributed by atoms with Gasteiger partial charge in [-0.15, -0.1) is 0 Å². The van der Waals surface area contributed by atoms with Gasteiger partial charge in [-0.05, 0) is 50.1 Å². The Morgan fingerprint density at radius 3 is 2.38 bits per heavy atom. The number of rotatable bonds is 2. The SMILES string of the molecule is Cc1cccc(-n2c(C)c3c(=O)n(-c4ccccc4C)[nH]c3cc2=O)c1. The van der Waals surface area contributed by atoms with Gasteiger partial charge in [0.25, 0.3) is 11.1 Å². The predicted molar refractivity (Wildman–Crippen MR) is 104 cm³/mol. The van der Waals surface area contributed by atoms with Crippen LogP contribution in [0.15, 0.2) is 64.2 Å². The monoisotopic (exact) mass is 345 g/mol. The highest BCUT2D eigenvalue weighted by molar-refractivity contribution is 5.81. The zero-order valence-electron chi connectivity index (χ0n) is 14.9. The lowest BCUT2D eigenvalue weighted by Gasteiger charge is -2.10.